The summed E-state index contributed by atoms with van der Waals surface area (Å²) in [5, 5.41) is 5.89. The maximum absolute atomic E-state index is 12.7. The highest BCUT2D eigenvalue weighted by atomic mass is 35.5. The third-order valence-electron chi connectivity index (χ3n) is 6.23. The Balaban J connectivity index is 1.17. The summed E-state index contributed by atoms with van der Waals surface area (Å²) >= 11 is 7.44. The Labute approximate surface area is 219 Å². The fraction of sp³-hybridized carbons (Fsp3) is 0.435. The SMILES string of the molecule is Cc1ccc(SNCCCC(=O)N2CCC3(CC2)CN=C(NC(=O)c2nc(Cl)c(N)nc2N)N3)cc1. The van der Waals surface area contributed by atoms with Crippen molar-refractivity contribution in [2.75, 3.05) is 37.6 Å². The van der Waals surface area contributed by atoms with E-state index in [4.69, 9.17) is 23.1 Å². The summed E-state index contributed by atoms with van der Waals surface area (Å²) in [6.45, 7) is 4.61. The molecule has 4 rings (SSSR count). The molecule has 0 aliphatic carbocycles. The van der Waals surface area contributed by atoms with Crippen LogP contribution in [-0.2, 0) is 4.79 Å². The maximum atomic E-state index is 12.7. The number of guanidine groups is 1. The standard InChI is InChI=1S/C23H30ClN9O2S/c1-14-4-6-15(7-5-14)36-28-10-2-3-16(34)33-11-8-23(9-12-33)13-27-22(32-23)31-21(35)17-19(25)30-20(26)18(24)29-17/h4-7,28H,2-3,8-13H2,1H3,(H4,25,26,30)(H2,27,31,32,35). The van der Waals surface area contributed by atoms with Crippen molar-refractivity contribution in [3.8, 4) is 0 Å². The average molecular weight is 532 g/mol. The van der Waals surface area contributed by atoms with Crippen LogP contribution in [0.5, 0.6) is 0 Å². The maximum Gasteiger partial charge on any atom is 0.280 e. The second kappa shape index (κ2) is 11.3. The average Bonchev–Trinajstić information content (AvgIpc) is 3.24. The number of aryl methyl sites for hydroxylation is 1. The highest BCUT2D eigenvalue weighted by Crippen LogP contribution is 2.26. The smallest absolute Gasteiger partial charge is 0.280 e. The number of amides is 2. The summed E-state index contributed by atoms with van der Waals surface area (Å²) in [6, 6.07) is 8.32. The van der Waals surface area contributed by atoms with Gasteiger partial charge in [0.2, 0.25) is 5.91 Å². The summed E-state index contributed by atoms with van der Waals surface area (Å²) in [5.74, 6) is -0.232. The zero-order valence-electron chi connectivity index (χ0n) is 20.0. The molecule has 0 unspecified atom stereocenters. The Morgan fingerprint density at radius 3 is 2.61 bits per heavy atom. The van der Waals surface area contributed by atoms with Crippen LogP contribution >= 0.6 is 23.5 Å². The first kappa shape index (κ1) is 26.0. The predicted octanol–water partition coefficient (Wildman–Crippen LogP) is 1.73. The van der Waals surface area contributed by atoms with Crippen LogP contribution in [0.15, 0.2) is 34.2 Å². The molecule has 0 atom stereocenters. The second-order valence-electron chi connectivity index (χ2n) is 8.95. The summed E-state index contributed by atoms with van der Waals surface area (Å²) in [4.78, 5) is 40.5. The van der Waals surface area contributed by atoms with Crippen LogP contribution in [0.4, 0.5) is 11.6 Å². The van der Waals surface area contributed by atoms with Gasteiger partial charge in [-0.25, -0.2) is 9.97 Å². The molecule has 3 heterocycles. The van der Waals surface area contributed by atoms with Crippen molar-refractivity contribution >= 4 is 53.0 Å². The first-order chi connectivity index (χ1) is 17.2. The van der Waals surface area contributed by atoms with Crippen molar-refractivity contribution in [2.24, 2.45) is 4.99 Å². The Kier molecular flexibility index (Phi) is 8.17. The largest absolute Gasteiger partial charge is 0.382 e. The molecular weight excluding hydrogens is 502 g/mol. The van der Waals surface area contributed by atoms with E-state index in [2.05, 4.69) is 61.5 Å². The van der Waals surface area contributed by atoms with Crippen molar-refractivity contribution in [3.05, 3.63) is 40.7 Å². The number of hydrogen-bond donors (Lipinski definition) is 5. The first-order valence-corrected chi connectivity index (χ1v) is 12.9. The molecule has 2 aliphatic rings. The fourth-order valence-electron chi connectivity index (χ4n) is 4.08. The van der Waals surface area contributed by atoms with E-state index in [0.29, 0.717) is 32.0 Å². The zero-order chi connectivity index (χ0) is 25.7. The number of nitrogen functional groups attached to an aromatic ring is 2. The van der Waals surface area contributed by atoms with Crippen LogP contribution in [0.1, 0.15) is 41.7 Å². The quantitative estimate of drug-likeness (QED) is 0.264. The molecule has 1 saturated heterocycles. The van der Waals surface area contributed by atoms with E-state index in [1.165, 1.54) is 5.56 Å². The Morgan fingerprint density at radius 2 is 1.89 bits per heavy atom. The van der Waals surface area contributed by atoms with Crippen molar-refractivity contribution in [1.82, 2.24) is 30.2 Å². The van der Waals surface area contributed by atoms with Gasteiger partial charge in [0.1, 0.15) is 0 Å². The number of anilines is 2. The highest BCUT2D eigenvalue weighted by molar-refractivity contribution is 7.97. The number of benzene rings is 1. The molecule has 0 radical (unpaired) electrons. The molecule has 1 aromatic heterocycles. The van der Waals surface area contributed by atoms with Crippen LogP contribution in [0.3, 0.4) is 0 Å². The monoisotopic (exact) mass is 531 g/mol. The number of aromatic nitrogens is 2. The van der Waals surface area contributed by atoms with Gasteiger partial charge in [-0.1, -0.05) is 29.3 Å². The van der Waals surface area contributed by atoms with Crippen molar-refractivity contribution in [1.29, 1.82) is 0 Å². The summed E-state index contributed by atoms with van der Waals surface area (Å²) in [6.07, 6.45) is 2.75. The Hall–Kier alpha value is -3.09. The van der Waals surface area contributed by atoms with Crippen LogP contribution < -0.4 is 26.8 Å². The molecule has 1 aromatic carbocycles. The molecule has 2 amide bonds. The lowest BCUT2D eigenvalue weighted by atomic mass is 9.88. The number of rotatable bonds is 7. The molecule has 0 bridgehead atoms. The lowest BCUT2D eigenvalue weighted by molar-refractivity contribution is -0.132. The van der Waals surface area contributed by atoms with Gasteiger partial charge in [0.15, 0.2) is 28.4 Å². The van der Waals surface area contributed by atoms with Crippen molar-refractivity contribution in [2.45, 2.75) is 43.0 Å². The molecule has 192 valence electrons. The van der Waals surface area contributed by atoms with E-state index in [9.17, 15) is 9.59 Å². The number of halogens is 1. The van der Waals surface area contributed by atoms with Crippen LogP contribution in [0, 0.1) is 6.92 Å². The highest BCUT2D eigenvalue weighted by Gasteiger charge is 2.40. The minimum atomic E-state index is -0.577. The lowest BCUT2D eigenvalue weighted by Crippen LogP contribution is -2.57. The molecule has 2 aliphatic heterocycles. The number of carbonyl (C=O) groups excluding carboxylic acids is 2. The van der Waals surface area contributed by atoms with Gasteiger partial charge in [-0.05, 0) is 50.3 Å². The van der Waals surface area contributed by atoms with Gasteiger partial charge in [-0.2, -0.15) is 0 Å². The van der Waals surface area contributed by atoms with Crippen molar-refractivity contribution in [3.63, 3.8) is 0 Å². The van der Waals surface area contributed by atoms with Gasteiger partial charge in [0.05, 0.1) is 12.1 Å². The number of piperidine rings is 1. The van der Waals surface area contributed by atoms with E-state index < -0.39 is 5.91 Å². The summed E-state index contributed by atoms with van der Waals surface area (Å²) < 4.78 is 3.32. The van der Waals surface area contributed by atoms with Crippen molar-refractivity contribution < 1.29 is 9.59 Å². The normalized spacial score (nSPS) is 16.5. The number of nitrogens with two attached hydrogens (primary N) is 2. The Morgan fingerprint density at radius 1 is 1.17 bits per heavy atom. The minimum Gasteiger partial charge on any atom is -0.382 e. The molecule has 36 heavy (non-hydrogen) atoms. The molecule has 1 fully saturated rings. The molecule has 13 heteroatoms. The van der Waals surface area contributed by atoms with E-state index in [0.717, 1.165) is 30.7 Å². The summed E-state index contributed by atoms with van der Waals surface area (Å²) in [7, 11) is 0. The van der Waals surface area contributed by atoms with E-state index in [1.807, 2.05) is 4.90 Å². The van der Waals surface area contributed by atoms with E-state index in [-0.39, 0.29) is 33.9 Å². The van der Waals surface area contributed by atoms with Gasteiger partial charge >= 0.3 is 0 Å². The van der Waals surface area contributed by atoms with Crippen LogP contribution in [-0.4, -0.2) is 64.4 Å². The fourth-order valence-corrected chi connectivity index (χ4v) is 4.90. The Bertz CT molecular complexity index is 1150. The van der Waals surface area contributed by atoms with Gasteiger partial charge in [0, 0.05) is 31.0 Å². The number of aliphatic imine (C=N–C) groups is 1. The number of nitrogens with one attached hydrogen (secondary N) is 3. The van der Waals surface area contributed by atoms with Gasteiger partial charge in [-0.3, -0.25) is 24.6 Å². The number of carbonyl (C=O) groups is 2. The lowest BCUT2D eigenvalue weighted by Gasteiger charge is -2.39. The number of hydrogen-bond acceptors (Lipinski definition) is 10. The topological polar surface area (TPSA) is 164 Å². The summed E-state index contributed by atoms with van der Waals surface area (Å²) in [5.41, 5.74) is 12.1. The zero-order valence-corrected chi connectivity index (χ0v) is 21.6. The molecular formula is C23H30ClN9O2S. The number of nitrogens with zero attached hydrogens (tertiary/aromatic N) is 4. The van der Waals surface area contributed by atoms with Crippen LogP contribution in [0.2, 0.25) is 5.15 Å². The molecule has 11 nitrogen and oxygen atoms in total. The van der Waals surface area contributed by atoms with E-state index >= 15 is 0 Å². The molecule has 0 saturated carbocycles. The van der Waals surface area contributed by atoms with E-state index in [1.54, 1.807) is 11.9 Å². The predicted molar refractivity (Wildman–Crippen MR) is 142 cm³/mol. The minimum absolute atomic E-state index is 0.0419. The third kappa shape index (κ3) is 6.37. The molecule has 2 aromatic rings. The number of likely N-dealkylation sites (tertiary alicyclic amines) is 1. The van der Waals surface area contributed by atoms with Gasteiger partial charge in [0.25, 0.3) is 5.91 Å². The van der Waals surface area contributed by atoms with Gasteiger partial charge < -0.3 is 21.7 Å². The second-order valence-corrected chi connectivity index (χ2v) is 10.3. The molecule has 1 spiro atoms. The first-order valence-electron chi connectivity index (χ1n) is 11.7. The van der Waals surface area contributed by atoms with Crippen LogP contribution in [0.25, 0.3) is 0 Å². The third-order valence-corrected chi connectivity index (χ3v) is 7.36. The van der Waals surface area contributed by atoms with Gasteiger partial charge in [-0.15, -0.1) is 0 Å². The molecule has 7 N–H and O–H groups in total.